The van der Waals surface area contributed by atoms with Crippen LogP contribution in [0, 0.1) is 0 Å². The predicted molar refractivity (Wildman–Crippen MR) is 113 cm³/mol. The molecule has 0 fully saturated rings. The van der Waals surface area contributed by atoms with E-state index in [0.717, 1.165) is 29.6 Å². The lowest BCUT2D eigenvalue weighted by Gasteiger charge is -2.14. The molecule has 6 heteroatoms. The van der Waals surface area contributed by atoms with E-state index in [4.69, 9.17) is 9.47 Å². The van der Waals surface area contributed by atoms with Gasteiger partial charge in [-0.25, -0.2) is 4.99 Å². The number of aliphatic imine (C=N–C) groups is 1. The van der Waals surface area contributed by atoms with Crippen molar-refractivity contribution in [2.45, 2.75) is 20.0 Å². The van der Waals surface area contributed by atoms with Gasteiger partial charge in [0.15, 0.2) is 5.96 Å². The Kier molecular flexibility index (Phi) is 9.76. The number of ether oxygens (including phenoxy) is 2. The zero-order valence-electron chi connectivity index (χ0n) is 14.9. The minimum absolute atomic E-state index is 0. The smallest absolute Gasteiger partial charge is 0.191 e. The van der Waals surface area contributed by atoms with Gasteiger partial charge in [-0.15, -0.1) is 24.0 Å². The number of methoxy groups -OCH3 is 2. The number of rotatable bonds is 7. The Balaban J connectivity index is 0.00000312. The minimum Gasteiger partial charge on any atom is -0.497 e. The van der Waals surface area contributed by atoms with Crippen molar-refractivity contribution in [1.82, 2.24) is 10.6 Å². The molecule has 136 valence electrons. The van der Waals surface area contributed by atoms with Gasteiger partial charge in [-0.05, 0) is 24.6 Å². The fourth-order valence-corrected chi connectivity index (χ4v) is 2.27. The van der Waals surface area contributed by atoms with Gasteiger partial charge in [0.25, 0.3) is 0 Å². The van der Waals surface area contributed by atoms with Gasteiger partial charge in [0.1, 0.15) is 11.5 Å². The van der Waals surface area contributed by atoms with Crippen molar-refractivity contribution in [3.8, 4) is 11.5 Å². The van der Waals surface area contributed by atoms with Crippen LogP contribution in [0.3, 0.4) is 0 Å². The quantitative estimate of drug-likeness (QED) is 0.381. The standard InChI is InChI=1S/C19H25N3O2.HI/c1-4-20-19(21-13-15-8-6-5-7-9-15)22-14-16-10-11-17(23-2)12-18(16)24-3;/h5-12H,4,13-14H2,1-3H3,(H2,20,21,22);1H. The molecule has 0 heterocycles. The molecule has 2 aromatic carbocycles. The lowest BCUT2D eigenvalue weighted by molar-refractivity contribution is 0.390. The average Bonchev–Trinajstić information content (AvgIpc) is 2.64. The van der Waals surface area contributed by atoms with E-state index in [2.05, 4.69) is 27.8 Å². The first-order valence-corrected chi connectivity index (χ1v) is 8.03. The maximum absolute atomic E-state index is 5.43. The molecule has 0 atom stereocenters. The number of hydrogen-bond donors (Lipinski definition) is 2. The van der Waals surface area contributed by atoms with E-state index in [0.29, 0.717) is 13.1 Å². The molecule has 0 bridgehead atoms. The fraction of sp³-hybridized carbons (Fsp3) is 0.316. The van der Waals surface area contributed by atoms with Crippen molar-refractivity contribution in [1.29, 1.82) is 0 Å². The molecule has 0 unspecified atom stereocenters. The van der Waals surface area contributed by atoms with Crippen LogP contribution in [0.4, 0.5) is 0 Å². The predicted octanol–water partition coefficient (Wildman–Crippen LogP) is 3.58. The summed E-state index contributed by atoms with van der Waals surface area (Å²) < 4.78 is 10.7. The summed E-state index contributed by atoms with van der Waals surface area (Å²) in [5.74, 6) is 2.35. The summed E-state index contributed by atoms with van der Waals surface area (Å²) >= 11 is 0. The van der Waals surface area contributed by atoms with Gasteiger partial charge >= 0.3 is 0 Å². The number of hydrogen-bond acceptors (Lipinski definition) is 3. The Bertz CT molecular complexity index is 663. The van der Waals surface area contributed by atoms with Crippen LogP contribution in [-0.2, 0) is 13.1 Å². The molecular weight excluding hydrogens is 429 g/mol. The second kappa shape index (κ2) is 11.6. The second-order valence-corrected chi connectivity index (χ2v) is 5.21. The SMILES string of the molecule is CCNC(=NCc1ccccc1)NCc1ccc(OC)cc1OC.I. The van der Waals surface area contributed by atoms with Crippen molar-refractivity contribution in [2.24, 2.45) is 4.99 Å². The van der Waals surface area contributed by atoms with Crippen LogP contribution in [0.15, 0.2) is 53.5 Å². The highest BCUT2D eigenvalue weighted by molar-refractivity contribution is 14.0. The van der Waals surface area contributed by atoms with Gasteiger partial charge in [0, 0.05) is 24.7 Å². The molecule has 0 aromatic heterocycles. The van der Waals surface area contributed by atoms with Crippen LogP contribution < -0.4 is 20.1 Å². The molecule has 25 heavy (non-hydrogen) atoms. The van der Waals surface area contributed by atoms with Crippen molar-refractivity contribution in [2.75, 3.05) is 20.8 Å². The van der Waals surface area contributed by atoms with Crippen molar-refractivity contribution < 1.29 is 9.47 Å². The highest BCUT2D eigenvalue weighted by Crippen LogP contribution is 2.24. The third kappa shape index (κ3) is 6.81. The van der Waals surface area contributed by atoms with E-state index in [-0.39, 0.29) is 24.0 Å². The molecule has 2 rings (SSSR count). The van der Waals surface area contributed by atoms with Gasteiger partial charge in [0.05, 0.1) is 20.8 Å². The van der Waals surface area contributed by atoms with Gasteiger partial charge in [-0.2, -0.15) is 0 Å². The summed E-state index contributed by atoms with van der Waals surface area (Å²) in [7, 11) is 3.30. The van der Waals surface area contributed by atoms with Crippen molar-refractivity contribution >= 4 is 29.9 Å². The Morgan fingerprint density at radius 3 is 2.40 bits per heavy atom. The van der Waals surface area contributed by atoms with Gasteiger partial charge in [-0.3, -0.25) is 0 Å². The lowest BCUT2D eigenvalue weighted by Crippen LogP contribution is -2.36. The molecule has 0 amide bonds. The number of guanidine groups is 1. The molecule has 0 saturated carbocycles. The first-order valence-electron chi connectivity index (χ1n) is 8.03. The summed E-state index contributed by atoms with van der Waals surface area (Å²) in [6.07, 6.45) is 0. The fourth-order valence-electron chi connectivity index (χ4n) is 2.27. The summed E-state index contributed by atoms with van der Waals surface area (Å²) in [5, 5.41) is 6.59. The summed E-state index contributed by atoms with van der Waals surface area (Å²) in [6, 6.07) is 16.0. The van der Waals surface area contributed by atoms with Crippen LogP contribution in [0.2, 0.25) is 0 Å². The molecule has 5 nitrogen and oxygen atoms in total. The lowest BCUT2D eigenvalue weighted by atomic mass is 10.2. The van der Waals surface area contributed by atoms with Crippen LogP contribution in [0.5, 0.6) is 11.5 Å². The Morgan fingerprint density at radius 1 is 1.00 bits per heavy atom. The van der Waals surface area contributed by atoms with Crippen molar-refractivity contribution in [3.05, 3.63) is 59.7 Å². The Morgan fingerprint density at radius 2 is 1.76 bits per heavy atom. The van der Waals surface area contributed by atoms with E-state index in [1.54, 1.807) is 14.2 Å². The Hall–Kier alpha value is -1.96. The van der Waals surface area contributed by atoms with Crippen LogP contribution in [0.1, 0.15) is 18.1 Å². The average molecular weight is 455 g/mol. The third-order valence-electron chi connectivity index (χ3n) is 3.55. The van der Waals surface area contributed by atoms with Gasteiger partial charge in [0.2, 0.25) is 0 Å². The first-order chi connectivity index (χ1) is 11.8. The van der Waals surface area contributed by atoms with Gasteiger partial charge in [-0.1, -0.05) is 30.3 Å². The summed E-state index contributed by atoms with van der Waals surface area (Å²) in [6.45, 7) is 4.11. The van der Waals surface area contributed by atoms with E-state index >= 15 is 0 Å². The molecule has 0 radical (unpaired) electrons. The zero-order chi connectivity index (χ0) is 17.2. The monoisotopic (exact) mass is 455 g/mol. The molecule has 2 aromatic rings. The number of halogens is 1. The van der Waals surface area contributed by atoms with E-state index in [9.17, 15) is 0 Å². The molecule has 0 saturated heterocycles. The highest BCUT2D eigenvalue weighted by atomic mass is 127. The van der Waals surface area contributed by atoms with Gasteiger partial charge < -0.3 is 20.1 Å². The van der Waals surface area contributed by atoms with Crippen LogP contribution >= 0.6 is 24.0 Å². The molecule has 2 N–H and O–H groups in total. The van der Waals surface area contributed by atoms with E-state index in [1.165, 1.54) is 5.56 Å². The third-order valence-corrected chi connectivity index (χ3v) is 3.55. The Labute approximate surface area is 166 Å². The normalized spacial score (nSPS) is 10.6. The highest BCUT2D eigenvalue weighted by Gasteiger charge is 2.06. The summed E-state index contributed by atoms with van der Waals surface area (Å²) in [4.78, 5) is 4.62. The van der Waals surface area contributed by atoms with Crippen LogP contribution in [-0.4, -0.2) is 26.7 Å². The second-order valence-electron chi connectivity index (χ2n) is 5.21. The summed E-state index contributed by atoms with van der Waals surface area (Å²) in [5.41, 5.74) is 2.22. The van der Waals surface area contributed by atoms with Crippen molar-refractivity contribution in [3.63, 3.8) is 0 Å². The number of nitrogens with one attached hydrogen (secondary N) is 2. The topological polar surface area (TPSA) is 54.9 Å². The maximum Gasteiger partial charge on any atom is 0.191 e. The molecule has 0 spiro atoms. The number of nitrogens with zero attached hydrogens (tertiary/aromatic N) is 1. The maximum atomic E-state index is 5.43. The minimum atomic E-state index is 0. The number of benzene rings is 2. The largest absolute Gasteiger partial charge is 0.497 e. The van der Waals surface area contributed by atoms with E-state index < -0.39 is 0 Å². The molecule has 0 aliphatic heterocycles. The molecule has 0 aliphatic carbocycles. The molecule has 0 aliphatic rings. The van der Waals surface area contributed by atoms with E-state index in [1.807, 2.05) is 43.3 Å². The van der Waals surface area contributed by atoms with Crippen LogP contribution in [0.25, 0.3) is 0 Å². The zero-order valence-corrected chi connectivity index (χ0v) is 17.2. The first kappa shape index (κ1) is 21.1. The molecular formula is C19H26IN3O2.